The van der Waals surface area contributed by atoms with Gasteiger partial charge in [0.15, 0.2) is 6.20 Å². The van der Waals surface area contributed by atoms with Crippen LogP contribution in [-0.2, 0) is 13.5 Å². The summed E-state index contributed by atoms with van der Waals surface area (Å²) in [5.74, 6) is 0.749. The highest BCUT2D eigenvalue weighted by molar-refractivity contribution is 5.85. The van der Waals surface area contributed by atoms with Crippen LogP contribution in [0.15, 0.2) is 42.6 Å². The number of fused-ring (bicyclic) bond motifs is 3. The summed E-state index contributed by atoms with van der Waals surface area (Å²) in [6.07, 6.45) is 10.4. The second-order valence-corrected chi connectivity index (χ2v) is 9.36. The van der Waals surface area contributed by atoms with Crippen LogP contribution in [0.4, 0.5) is 0 Å². The fourth-order valence-corrected chi connectivity index (χ4v) is 5.74. The molecule has 0 saturated heterocycles. The monoisotopic (exact) mass is 382 g/mol. The van der Waals surface area contributed by atoms with Crippen molar-refractivity contribution in [3.05, 3.63) is 76.0 Å². The lowest BCUT2D eigenvalue weighted by molar-refractivity contribution is -0.661. The molecule has 1 heteroatoms. The Balaban J connectivity index is 1.63. The van der Waals surface area contributed by atoms with E-state index in [1.807, 2.05) is 0 Å². The Morgan fingerprint density at radius 2 is 1.59 bits per heavy atom. The predicted octanol–water partition coefficient (Wildman–Crippen LogP) is 6.72. The van der Waals surface area contributed by atoms with Gasteiger partial charge in [0.25, 0.3) is 0 Å². The third-order valence-corrected chi connectivity index (χ3v) is 7.26. The summed E-state index contributed by atoms with van der Waals surface area (Å²) < 4.78 is 2.40. The van der Waals surface area contributed by atoms with Crippen molar-refractivity contribution < 1.29 is 4.57 Å². The van der Waals surface area contributed by atoms with Gasteiger partial charge >= 0.3 is 0 Å². The van der Waals surface area contributed by atoms with Gasteiger partial charge in [-0.2, -0.15) is 0 Å². The van der Waals surface area contributed by atoms with Crippen molar-refractivity contribution in [2.75, 3.05) is 0 Å². The number of aromatic nitrogens is 1. The van der Waals surface area contributed by atoms with E-state index in [2.05, 4.69) is 75.0 Å². The lowest BCUT2D eigenvalue weighted by atomic mass is 9.82. The van der Waals surface area contributed by atoms with Crippen LogP contribution >= 0.6 is 0 Å². The highest BCUT2D eigenvalue weighted by Crippen LogP contribution is 2.43. The van der Waals surface area contributed by atoms with Crippen molar-refractivity contribution in [2.24, 2.45) is 7.05 Å². The molecule has 2 aliphatic carbocycles. The molecule has 1 saturated carbocycles. The van der Waals surface area contributed by atoms with Crippen molar-refractivity contribution in [3.63, 3.8) is 0 Å². The first-order valence-electron chi connectivity index (χ1n) is 11.3. The Kier molecular flexibility index (Phi) is 4.57. The number of pyridine rings is 1. The zero-order valence-corrected chi connectivity index (χ0v) is 18.3. The molecule has 0 aliphatic heterocycles. The topological polar surface area (TPSA) is 3.88 Å². The first-order valence-corrected chi connectivity index (χ1v) is 11.3. The third-order valence-electron chi connectivity index (χ3n) is 7.26. The number of hydrogen-bond acceptors (Lipinski definition) is 0. The van der Waals surface area contributed by atoms with Crippen LogP contribution in [0.25, 0.3) is 22.4 Å². The minimum Gasteiger partial charge on any atom is -0.201 e. The number of nitrogens with zero attached hydrogens (tertiary/aromatic N) is 1. The van der Waals surface area contributed by atoms with Gasteiger partial charge in [0, 0.05) is 11.6 Å². The van der Waals surface area contributed by atoms with E-state index < -0.39 is 0 Å². The van der Waals surface area contributed by atoms with E-state index >= 15 is 0 Å². The first kappa shape index (κ1) is 18.6. The summed E-state index contributed by atoms with van der Waals surface area (Å²) in [4.78, 5) is 0. The van der Waals surface area contributed by atoms with Gasteiger partial charge in [0.05, 0.1) is 5.56 Å². The van der Waals surface area contributed by atoms with Crippen LogP contribution in [0.2, 0.25) is 0 Å². The fraction of sp³-hybridized carbons (Fsp3) is 0.393. The highest BCUT2D eigenvalue weighted by atomic mass is 14.9. The highest BCUT2D eigenvalue weighted by Gasteiger charge is 2.28. The zero-order chi connectivity index (χ0) is 20.1. The zero-order valence-electron chi connectivity index (χ0n) is 18.3. The Morgan fingerprint density at radius 3 is 2.38 bits per heavy atom. The van der Waals surface area contributed by atoms with Gasteiger partial charge in [-0.25, -0.2) is 4.57 Å². The van der Waals surface area contributed by atoms with E-state index in [1.54, 1.807) is 5.56 Å². The molecule has 0 N–H and O–H groups in total. The number of aryl methyl sites for hydroxylation is 4. The second-order valence-electron chi connectivity index (χ2n) is 9.36. The Labute approximate surface area is 175 Å². The molecule has 2 aliphatic rings. The maximum Gasteiger partial charge on any atom is 0.213 e. The smallest absolute Gasteiger partial charge is 0.201 e. The molecule has 3 aromatic rings. The second kappa shape index (κ2) is 7.13. The molecule has 0 unspecified atom stereocenters. The van der Waals surface area contributed by atoms with E-state index in [0.717, 1.165) is 12.3 Å². The molecular formula is C28H32N+. The number of benzene rings is 2. The van der Waals surface area contributed by atoms with E-state index in [4.69, 9.17) is 0 Å². The maximum atomic E-state index is 2.46. The van der Waals surface area contributed by atoms with Gasteiger partial charge in [-0.05, 0) is 79.3 Å². The molecule has 0 atom stereocenters. The van der Waals surface area contributed by atoms with Gasteiger partial charge in [-0.3, -0.25) is 0 Å². The van der Waals surface area contributed by atoms with Gasteiger partial charge in [-0.15, -0.1) is 0 Å². The predicted molar refractivity (Wildman–Crippen MR) is 121 cm³/mol. The van der Waals surface area contributed by atoms with Gasteiger partial charge in [0.1, 0.15) is 7.05 Å². The Bertz CT molecular complexity index is 1100. The van der Waals surface area contributed by atoms with Crippen molar-refractivity contribution >= 4 is 0 Å². The molecule has 0 amide bonds. The molecule has 0 radical (unpaired) electrons. The van der Waals surface area contributed by atoms with Crippen LogP contribution < -0.4 is 4.57 Å². The molecule has 2 aromatic carbocycles. The molecule has 5 rings (SSSR count). The Hall–Kier alpha value is -2.41. The molecule has 0 spiro atoms. The molecule has 1 heterocycles. The van der Waals surface area contributed by atoms with Crippen LogP contribution in [0.1, 0.15) is 71.4 Å². The molecule has 29 heavy (non-hydrogen) atoms. The molecule has 148 valence electrons. The molecule has 1 nitrogen and oxygen atoms in total. The van der Waals surface area contributed by atoms with Gasteiger partial charge in [0.2, 0.25) is 5.69 Å². The minimum atomic E-state index is 0.749. The minimum absolute atomic E-state index is 0.749. The van der Waals surface area contributed by atoms with Crippen LogP contribution in [0, 0.1) is 20.8 Å². The number of hydrogen-bond donors (Lipinski definition) is 0. The summed E-state index contributed by atoms with van der Waals surface area (Å²) in [5.41, 5.74) is 14.4. The first-order chi connectivity index (χ1) is 14.0. The summed E-state index contributed by atoms with van der Waals surface area (Å²) in [6.45, 7) is 6.79. The molecular weight excluding hydrogens is 350 g/mol. The van der Waals surface area contributed by atoms with Crippen molar-refractivity contribution in [3.8, 4) is 22.4 Å². The number of rotatable bonds is 2. The fourth-order valence-electron chi connectivity index (χ4n) is 5.74. The van der Waals surface area contributed by atoms with Crippen molar-refractivity contribution in [1.82, 2.24) is 0 Å². The summed E-state index contributed by atoms with van der Waals surface area (Å²) in [6, 6.07) is 14.0. The summed E-state index contributed by atoms with van der Waals surface area (Å²) >= 11 is 0. The molecule has 0 bridgehead atoms. The van der Waals surface area contributed by atoms with Gasteiger partial charge in [-0.1, -0.05) is 55.2 Å². The summed E-state index contributed by atoms with van der Waals surface area (Å²) in [5, 5.41) is 0. The van der Waals surface area contributed by atoms with E-state index in [1.165, 1.54) is 82.3 Å². The maximum absolute atomic E-state index is 2.46. The normalized spacial score (nSPS) is 16.0. The quantitative estimate of drug-likeness (QED) is 0.339. The van der Waals surface area contributed by atoms with Crippen LogP contribution in [0.3, 0.4) is 0 Å². The standard InChI is InChI=1S/C28H32N/c1-18-10-12-23-22(14-18)16-25-24(23)13-11-19(2)28(25)27-15-20(3)26(17-29(27)4)21-8-6-5-7-9-21/h10-15,17,21H,5-9,16H2,1-4H3/q+1. The molecule has 1 fully saturated rings. The largest absolute Gasteiger partial charge is 0.213 e. The van der Waals surface area contributed by atoms with Crippen LogP contribution in [0.5, 0.6) is 0 Å². The van der Waals surface area contributed by atoms with E-state index in [9.17, 15) is 0 Å². The lowest BCUT2D eigenvalue weighted by Gasteiger charge is -2.23. The van der Waals surface area contributed by atoms with E-state index in [0.29, 0.717) is 0 Å². The van der Waals surface area contributed by atoms with Crippen LogP contribution in [-0.4, -0.2) is 0 Å². The SMILES string of the molecule is Cc1ccc2c(c1)Cc1c-2ccc(C)c1-c1cc(C)c(C2CCCCC2)c[n+]1C. The van der Waals surface area contributed by atoms with E-state index in [-0.39, 0.29) is 0 Å². The van der Waals surface area contributed by atoms with Gasteiger partial charge < -0.3 is 0 Å². The lowest BCUT2D eigenvalue weighted by Crippen LogP contribution is -2.33. The Morgan fingerprint density at radius 1 is 0.828 bits per heavy atom. The van der Waals surface area contributed by atoms with Crippen molar-refractivity contribution in [1.29, 1.82) is 0 Å². The van der Waals surface area contributed by atoms with Crippen molar-refractivity contribution in [2.45, 2.75) is 65.2 Å². The average molecular weight is 383 g/mol. The molecule has 1 aromatic heterocycles. The average Bonchev–Trinajstić information content (AvgIpc) is 3.07. The third kappa shape index (κ3) is 3.12. The summed E-state index contributed by atoms with van der Waals surface area (Å²) in [7, 11) is 2.24.